The van der Waals surface area contributed by atoms with Gasteiger partial charge in [0.15, 0.2) is 0 Å². The fourth-order valence-electron chi connectivity index (χ4n) is 3.34. The van der Waals surface area contributed by atoms with Gasteiger partial charge in [-0.15, -0.1) is 0 Å². The van der Waals surface area contributed by atoms with Crippen molar-refractivity contribution in [3.63, 3.8) is 0 Å². The Bertz CT molecular complexity index is 255. The minimum Gasteiger partial charge on any atom is -0.374 e. The average Bonchev–Trinajstić information content (AvgIpc) is 2.37. The monoisotopic (exact) mass is 254 g/mol. The first kappa shape index (κ1) is 14.3. The van der Waals surface area contributed by atoms with Gasteiger partial charge in [-0.25, -0.2) is 0 Å². The SMILES string of the molecule is CCN1CCOC(CNC2CCCCC2(C)C)C1. The number of ether oxygens (including phenoxy) is 1. The molecule has 1 heterocycles. The fraction of sp³-hybridized carbons (Fsp3) is 1.00. The van der Waals surface area contributed by atoms with Crippen LogP contribution in [-0.2, 0) is 4.74 Å². The first-order valence-corrected chi connectivity index (χ1v) is 7.69. The van der Waals surface area contributed by atoms with Crippen LogP contribution in [0, 0.1) is 5.41 Å². The van der Waals surface area contributed by atoms with Crippen molar-refractivity contribution in [1.82, 2.24) is 10.2 Å². The van der Waals surface area contributed by atoms with Gasteiger partial charge in [0, 0.05) is 25.7 Å². The van der Waals surface area contributed by atoms with Crippen LogP contribution in [0.2, 0.25) is 0 Å². The van der Waals surface area contributed by atoms with Gasteiger partial charge in [0.25, 0.3) is 0 Å². The summed E-state index contributed by atoms with van der Waals surface area (Å²) in [5, 5.41) is 3.77. The molecule has 1 N–H and O–H groups in total. The Kier molecular flexibility index (Phi) is 5.05. The van der Waals surface area contributed by atoms with Crippen LogP contribution in [0.15, 0.2) is 0 Å². The molecule has 0 aromatic rings. The molecule has 1 saturated carbocycles. The summed E-state index contributed by atoms with van der Waals surface area (Å²) in [6.45, 7) is 12.3. The molecule has 3 heteroatoms. The van der Waals surface area contributed by atoms with Crippen molar-refractivity contribution < 1.29 is 4.74 Å². The lowest BCUT2D eigenvalue weighted by Gasteiger charge is -2.41. The van der Waals surface area contributed by atoms with Crippen LogP contribution in [0.25, 0.3) is 0 Å². The van der Waals surface area contributed by atoms with Crippen LogP contribution in [0.5, 0.6) is 0 Å². The van der Waals surface area contributed by atoms with E-state index in [1.165, 1.54) is 25.7 Å². The summed E-state index contributed by atoms with van der Waals surface area (Å²) in [5.41, 5.74) is 0.456. The van der Waals surface area contributed by atoms with Crippen molar-refractivity contribution >= 4 is 0 Å². The zero-order valence-electron chi connectivity index (χ0n) is 12.4. The minimum atomic E-state index is 0.386. The largest absolute Gasteiger partial charge is 0.374 e. The molecule has 2 rings (SSSR count). The topological polar surface area (TPSA) is 24.5 Å². The van der Waals surface area contributed by atoms with Gasteiger partial charge in [-0.2, -0.15) is 0 Å². The Hall–Kier alpha value is -0.120. The lowest BCUT2D eigenvalue weighted by atomic mass is 9.73. The molecule has 2 aliphatic rings. The molecule has 106 valence electrons. The number of hydrogen-bond donors (Lipinski definition) is 1. The lowest BCUT2D eigenvalue weighted by Crippen LogP contribution is -2.51. The second-order valence-corrected chi connectivity index (χ2v) is 6.58. The molecule has 2 fully saturated rings. The highest BCUT2D eigenvalue weighted by atomic mass is 16.5. The zero-order chi connectivity index (χ0) is 13.0. The number of nitrogens with zero attached hydrogens (tertiary/aromatic N) is 1. The Morgan fingerprint density at radius 1 is 1.33 bits per heavy atom. The summed E-state index contributed by atoms with van der Waals surface area (Å²) >= 11 is 0. The van der Waals surface area contributed by atoms with E-state index in [9.17, 15) is 0 Å². The van der Waals surface area contributed by atoms with Crippen LogP contribution >= 0.6 is 0 Å². The van der Waals surface area contributed by atoms with Gasteiger partial charge in [0.2, 0.25) is 0 Å². The van der Waals surface area contributed by atoms with Crippen molar-refractivity contribution in [3.05, 3.63) is 0 Å². The normalized spacial score (nSPS) is 33.5. The van der Waals surface area contributed by atoms with E-state index in [0.29, 0.717) is 17.6 Å². The van der Waals surface area contributed by atoms with E-state index in [4.69, 9.17) is 4.74 Å². The maximum Gasteiger partial charge on any atom is 0.0826 e. The van der Waals surface area contributed by atoms with E-state index >= 15 is 0 Å². The Balaban J connectivity index is 1.76. The summed E-state index contributed by atoms with van der Waals surface area (Å²) < 4.78 is 5.87. The molecule has 0 aromatic heterocycles. The van der Waals surface area contributed by atoms with Crippen molar-refractivity contribution in [2.45, 2.75) is 58.6 Å². The predicted octanol–water partition coefficient (Wildman–Crippen LogP) is 2.27. The molecular weight excluding hydrogens is 224 g/mol. The Morgan fingerprint density at radius 2 is 2.17 bits per heavy atom. The molecule has 0 amide bonds. The van der Waals surface area contributed by atoms with Crippen LogP contribution in [-0.4, -0.2) is 49.8 Å². The maximum atomic E-state index is 5.87. The summed E-state index contributed by atoms with van der Waals surface area (Å²) in [5.74, 6) is 0. The zero-order valence-corrected chi connectivity index (χ0v) is 12.4. The van der Waals surface area contributed by atoms with Gasteiger partial charge in [-0.1, -0.05) is 33.6 Å². The molecular formula is C15H30N2O. The smallest absolute Gasteiger partial charge is 0.0826 e. The van der Waals surface area contributed by atoms with E-state index in [0.717, 1.165) is 32.8 Å². The molecule has 0 spiro atoms. The molecule has 2 unspecified atom stereocenters. The molecule has 18 heavy (non-hydrogen) atoms. The van der Waals surface area contributed by atoms with E-state index in [1.54, 1.807) is 0 Å². The highest BCUT2D eigenvalue weighted by Gasteiger charge is 2.32. The van der Waals surface area contributed by atoms with Gasteiger partial charge in [-0.05, 0) is 24.8 Å². The highest BCUT2D eigenvalue weighted by molar-refractivity contribution is 4.88. The molecule has 1 aliphatic heterocycles. The first-order chi connectivity index (χ1) is 8.62. The fourth-order valence-corrected chi connectivity index (χ4v) is 3.34. The number of hydrogen-bond acceptors (Lipinski definition) is 3. The summed E-state index contributed by atoms with van der Waals surface area (Å²) in [4.78, 5) is 2.49. The van der Waals surface area contributed by atoms with Gasteiger partial charge < -0.3 is 10.1 Å². The quantitative estimate of drug-likeness (QED) is 0.833. The van der Waals surface area contributed by atoms with Crippen molar-refractivity contribution in [2.75, 3.05) is 32.8 Å². The minimum absolute atomic E-state index is 0.386. The van der Waals surface area contributed by atoms with Crippen LogP contribution < -0.4 is 5.32 Å². The standard InChI is InChI=1S/C15H30N2O/c1-4-17-9-10-18-13(12-17)11-16-14-7-5-6-8-15(14,2)3/h13-14,16H,4-12H2,1-3H3. The van der Waals surface area contributed by atoms with Crippen molar-refractivity contribution in [3.8, 4) is 0 Å². The Labute approximate surface area is 112 Å². The molecule has 1 aliphatic carbocycles. The van der Waals surface area contributed by atoms with Crippen LogP contribution in [0.3, 0.4) is 0 Å². The third-order valence-electron chi connectivity index (χ3n) is 4.77. The summed E-state index contributed by atoms with van der Waals surface area (Å²) in [6, 6.07) is 0.673. The second kappa shape index (κ2) is 6.36. The summed E-state index contributed by atoms with van der Waals surface area (Å²) in [6.07, 6.45) is 5.85. The number of likely N-dealkylation sites (N-methyl/N-ethyl adjacent to an activating group) is 1. The van der Waals surface area contributed by atoms with Crippen molar-refractivity contribution in [1.29, 1.82) is 0 Å². The highest BCUT2D eigenvalue weighted by Crippen LogP contribution is 2.35. The van der Waals surface area contributed by atoms with E-state index in [-0.39, 0.29) is 0 Å². The first-order valence-electron chi connectivity index (χ1n) is 7.69. The molecule has 0 aromatic carbocycles. The molecule has 0 radical (unpaired) electrons. The average molecular weight is 254 g/mol. The molecule has 3 nitrogen and oxygen atoms in total. The third kappa shape index (κ3) is 3.69. The number of nitrogens with one attached hydrogen (secondary N) is 1. The Morgan fingerprint density at radius 3 is 2.89 bits per heavy atom. The van der Waals surface area contributed by atoms with Crippen molar-refractivity contribution in [2.24, 2.45) is 5.41 Å². The predicted molar refractivity (Wildman–Crippen MR) is 75.9 cm³/mol. The second-order valence-electron chi connectivity index (χ2n) is 6.58. The lowest BCUT2D eigenvalue weighted by molar-refractivity contribution is -0.0291. The van der Waals surface area contributed by atoms with E-state index < -0.39 is 0 Å². The van der Waals surface area contributed by atoms with E-state index in [2.05, 4.69) is 31.0 Å². The van der Waals surface area contributed by atoms with Gasteiger partial charge in [0.05, 0.1) is 12.7 Å². The molecule has 0 bridgehead atoms. The number of rotatable bonds is 4. The maximum absolute atomic E-state index is 5.87. The van der Waals surface area contributed by atoms with Gasteiger partial charge in [0.1, 0.15) is 0 Å². The van der Waals surface area contributed by atoms with Crippen LogP contribution in [0.4, 0.5) is 0 Å². The van der Waals surface area contributed by atoms with E-state index in [1.807, 2.05) is 0 Å². The third-order valence-corrected chi connectivity index (χ3v) is 4.77. The van der Waals surface area contributed by atoms with Gasteiger partial charge in [-0.3, -0.25) is 4.90 Å². The number of morpholine rings is 1. The van der Waals surface area contributed by atoms with Crippen LogP contribution in [0.1, 0.15) is 46.5 Å². The summed E-state index contributed by atoms with van der Waals surface area (Å²) in [7, 11) is 0. The van der Waals surface area contributed by atoms with Gasteiger partial charge >= 0.3 is 0 Å². The molecule has 1 saturated heterocycles. The molecule has 2 atom stereocenters.